The first-order valence-electron chi connectivity index (χ1n) is 5.57. The van der Waals surface area contributed by atoms with Crippen LogP contribution < -0.4 is 10.1 Å². The largest absolute Gasteiger partial charge is 0.319 e. The van der Waals surface area contributed by atoms with E-state index in [-0.39, 0.29) is 10.6 Å². The zero-order valence-corrected chi connectivity index (χ0v) is 10.5. The van der Waals surface area contributed by atoms with E-state index in [2.05, 4.69) is 15.5 Å². The lowest BCUT2D eigenvalue weighted by Crippen LogP contribution is -2.12. The van der Waals surface area contributed by atoms with Crippen LogP contribution in [0.4, 0.5) is 5.69 Å². The molecule has 19 heavy (non-hydrogen) atoms. The quantitative estimate of drug-likeness (QED) is 0.750. The van der Waals surface area contributed by atoms with Gasteiger partial charge in [0.2, 0.25) is 4.74 Å². The van der Waals surface area contributed by atoms with E-state index in [0.29, 0.717) is 16.0 Å². The molecular weight excluding hydrogens is 262 g/mol. The SMILES string of the molecule is O=C(Nc1cn[nH]c1)c1cc2ccccc2c(=O)s1. The van der Waals surface area contributed by atoms with Crippen molar-refractivity contribution in [1.29, 1.82) is 0 Å². The standard InChI is InChI=1S/C13H9N3O2S/c17-12(16-9-6-14-15-7-9)11-5-8-3-1-2-4-10(8)13(18)19-11/h1-7H,(H,14,15)(H,16,17). The predicted molar refractivity (Wildman–Crippen MR) is 74.6 cm³/mol. The maximum absolute atomic E-state index is 12.0. The highest BCUT2D eigenvalue weighted by Gasteiger charge is 2.10. The van der Waals surface area contributed by atoms with Crippen molar-refractivity contribution in [3.05, 3.63) is 57.1 Å². The van der Waals surface area contributed by atoms with Gasteiger partial charge in [0.1, 0.15) is 0 Å². The molecule has 3 rings (SSSR count). The molecule has 0 atom stereocenters. The minimum absolute atomic E-state index is 0.115. The molecule has 0 radical (unpaired) electrons. The lowest BCUT2D eigenvalue weighted by Gasteiger charge is -2.02. The number of nitrogens with one attached hydrogen (secondary N) is 2. The molecular formula is C13H9N3O2S. The minimum atomic E-state index is -0.311. The Hall–Kier alpha value is -2.47. The number of carbonyl (C=O) groups is 1. The molecule has 0 saturated heterocycles. The third kappa shape index (κ3) is 2.25. The van der Waals surface area contributed by atoms with Gasteiger partial charge < -0.3 is 5.32 Å². The van der Waals surface area contributed by atoms with Gasteiger partial charge in [-0.1, -0.05) is 29.5 Å². The molecule has 2 heterocycles. The van der Waals surface area contributed by atoms with E-state index >= 15 is 0 Å². The molecule has 2 N–H and O–H groups in total. The van der Waals surface area contributed by atoms with Gasteiger partial charge in [-0.15, -0.1) is 0 Å². The van der Waals surface area contributed by atoms with Crippen molar-refractivity contribution in [2.75, 3.05) is 5.32 Å². The van der Waals surface area contributed by atoms with Crippen LogP contribution in [0.5, 0.6) is 0 Å². The Balaban J connectivity index is 2.01. The molecule has 1 aromatic carbocycles. The van der Waals surface area contributed by atoms with E-state index in [1.165, 1.54) is 6.20 Å². The number of nitrogens with zero attached hydrogens (tertiary/aromatic N) is 1. The third-order valence-corrected chi connectivity index (χ3v) is 3.58. The second-order valence-electron chi connectivity index (χ2n) is 3.93. The van der Waals surface area contributed by atoms with Gasteiger partial charge >= 0.3 is 0 Å². The monoisotopic (exact) mass is 271 g/mol. The van der Waals surface area contributed by atoms with E-state index in [1.807, 2.05) is 18.2 Å². The van der Waals surface area contributed by atoms with Gasteiger partial charge in [0, 0.05) is 11.6 Å². The third-order valence-electron chi connectivity index (χ3n) is 2.65. The number of hydrogen-bond acceptors (Lipinski definition) is 4. The molecule has 0 aliphatic carbocycles. The van der Waals surface area contributed by atoms with Gasteiger partial charge in [0.15, 0.2) is 0 Å². The van der Waals surface area contributed by atoms with Crippen LogP contribution in [0.2, 0.25) is 0 Å². The fraction of sp³-hybridized carbons (Fsp3) is 0. The Kier molecular flexibility index (Phi) is 2.85. The molecule has 0 bridgehead atoms. The summed E-state index contributed by atoms with van der Waals surface area (Å²) < 4.78 is -0.115. The highest BCUT2D eigenvalue weighted by molar-refractivity contribution is 7.12. The van der Waals surface area contributed by atoms with Gasteiger partial charge in [-0.05, 0) is 17.5 Å². The normalized spacial score (nSPS) is 10.5. The molecule has 0 aliphatic rings. The Morgan fingerprint density at radius 2 is 2.16 bits per heavy atom. The molecule has 1 amide bonds. The molecule has 0 spiro atoms. The van der Waals surface area contributed by atoms with Crippen LogP contribution >= 0.6 is 11.3 Å². The number of amides is 1. The molecule has 5 nitrogen and oxygen atoms in total. The summed E-state index contributed by atoms with van der Waals surface area (Å²) >= 11 is 0.939. The Morgan fingerprint density at radius 1 is 1.32 bits per heavy atom. The zero-order valence-electron chi connectivity index (χ0n) is 9.71. The zero-order chi connectivity index (χ0) is 13.2. The first-order chi connectivity index (χ1) is 9.24. The fourth-order valence-corrected chi connectivity index (χ4v) is 2.58. The number of hydrogen-bond donors (Lipinski definition) is 2. The van der Waals surface area contributed by atoms with Crippen molar-refractivity contribution in [3.63, 3.8) is 0 Å². The maximum Gasteiger partial charge on any atom is 0.265 e. The molecule has 0 saturated carbocycles. The first kappa shape index (κ1) is 11.6. The number of H-pyrrole nitrogens is 1. The fourth-order valence-electron chi connectivity index (χ4n) is 1.76. The van der Waals surface area contributed by atoms with Gasteiger partial charge in [-0.2, -0.15) is 5.10 Å². The van der Waals surface area contributed by atoms with Crippen molar-refractivity contribution in [2.45, 2.75) is 0 Å². The van der Waals surface area contributed by atoms with Crippen molar-refractivity contribution < 1.29 is 4.79 Å². The van der Waals surface area contributed by atoms with Gasteiger partial charge in [-0.25, -0.2) is 0 Å². The van der Waals surface area contributed by atoms with Crippen molar-refractivity contribution >= 4 is 33.7 Å². The number of fused-ring (bicyclic) bond motifs is 1. The Morgan fingerprint density at radius 3 is 2.95 bits per heavy atom. The maximum atomic E-state index is 12.0. The molecule has 3 aromatic rings. The smallest absolute Gasteiger partial charge is 0.265 e. The summed E-state index contributed by atoms with van der Waals surface area (Å²) in [4.78, 5) is 24.3. The Bertz CT molecular complexity index is 793. The first-order valence-corrected chi connectivity index (χ1v) is 6.39. The van der Waals surface area contributed by atoms with Crippen LogP contribution in [-0.4, -0.2) is 16.1 Å². The summed E-state index contributed by atoms with van der Waals surface area (Å²) in [6, 6.07) is 8.94. The van der Waals surface area contributed by atoms with Crippen LogP contribution in [0.25, 0.3) is 10.8 Å². The van der Waals surface area contributed by atoms with Crippen LogP contribution in [0, 0.1) is 0 Å². The second-order valence-corrected chi connectivity index (χ2v) is 4.94. The van der Waals surface area contributed by atoms with Crippen molar-refractivity contribution in [1.82, 2.24) is 10.2 Å². The highest BCUT2D eigenvalue weighted by Crippen LogP contribution is 2.16. The summed E-state index contributed by atoms with van der Waals surface area (Å²) in [6.07, 6.45) is 3.07. The van der Waals surface area contributed by atoms with Crippen LogP contribution in [0.1, 0.15) is 9.67 Å². The van der Waals surface area contributed by atoms with Crippen molar-refractivity contribution in [2.24, 2.45) is 0 Å². The lowest BCUT2D eigenvalue weighted by molar-refractivity contribution is 0.103. The van der Waals surface area contributed by atoms with E-state index < -0.39 is 0 Å². The topological polar surface area (TPSA) is 74.8 Å². The summed E-state index contributed by atoms with van der Waals surface area (Å²) in [5.41, 5.74) is 0.567. The number of benzene rings is 1. The Labute approximate surface area is 111 Å². The summed E-state index contributed by atoms with van der Waals surface area (Å²) in [7, 11) is 0. The number of carbonyl (C=O) groups excluding carboxylic acids is 1. The molecule has 0 unspecified atom stereocenters. The van der Waals surface area contributed by atoms with Crippen LogP contribution in [0.3, 0.4) is 0 Å². The van der Waals surface area contributed by atoms with Gasteiger partial charge in [0.25, 0.3) is 5.91 Å². The molecule has 6 heteroatoms. The predicted octanol–water partition coefficient (Wildman–Crippen LogP) is 2.24. The van der Waals surface area contributed by atoms with E-state index in [0.717, 1.165) is 16.7 Å². The van der Waals surface area contributed by atoms with Crippen LogP contribution in [-0.2, 0) is 0 Å². The lowest BCUT2D eigenvalue weighted by atomic mass is 10.2. The highest BCUT2D eigenvalue weighted by atomic mass is 32.1. The van der Waals surface area contributed by atoms with Gasteiger partial charge in [-0.3, -0.25) is 14.7 Å². The van der Waals surface area contributed by atoms with E-state index in [9.17, 15) is 9.59 Å². The number of aromatic amines is 1. The average molecular weight is 271 g/mol. The molecule has 94 valence electrons. The molecule has 0 aliphatic heterocycles. The van der Waals surface area contributed by atoms with Crippen molar-refractivity contribution in [3.8, 4) is 0 Å². The molecule has 0 fully saturated rings. The summed E-state index contributed by atoms with van der Waals surface area (Å²) in [5, 5.41) is 10.4. The summed E-state index contributed by atoms with van der Waals surface area (Å²) in [6.45, 7) is 0. The second kappa shape index (κ2) is 4.66. The summed E-state index contributed by atoms with van der Waals surface area (Å²) in [5.74, 6) is -0.311. The average Bonchev–Trinajstić information content (AvgIpc) is 2.91. The number of aromatic nitrogens is 2. The number of rotatable bonds is 2. The minimum Gasteiger partial charge on any atom is -0.319 e. The van der Waals surface area contributed by atoms with E-state index in [4.69, 9.17) is 0 Å². The van der Waals surface area contributed by atoms with Gasteiger partial charge in [0.05, 0.1) is 16.8 Å². The van der Waals surface area contributed by atoms with E-state index in [1.54, 1.807) is 18.3 Å². The number of anilines is 1. The van der Waals surface area contributed by atoms with Crippen LogP contribution in [0.15, 0.2) is 47.5 Å². The molecule has 2 aromatic heterocycles.